The van der Waals surface area contributed by atoms with Crippen molar-refractivity contribution in [2.24, 2.45) is 0 Å². The normalized spacial score (nSPS) is 19.2. The number of nitrogens with zero attached hydrogens (tertiary/aromatic N) is 3. The lowest BCUT2D eigenvalue weighted by Crippen LogP contribution is -2.48. The van der Waals surface area contributed by atoms with Crippen LogP contribution in [0.1, 0.15) is 37.4 Å². The smallest absolute Gasteiger partial charge is 0.223 e. The molecule has 6 nitrogen and oxygen atoms in total. The highest BCUT2D eigenvalue weighted by molar-refractivity contribution is 5.77. The lowest BCUT2D eigenvalue weighted by Gasteiger charge is -2.37. The van der Waals surface area contributed by atoms with Crippen LogP contribution in [-0.4, -0.2) is 45.6 Å². The number of hydrogen-bond donors (Lipinski definition) is 1. The summed E-state index contributed by atoms with van der Waals surface area (Å²) in [6.07, 6.45) is 5.82. The van der Waals surface area contributed by atoms with Crippen LogP contribution in [0.4, 0.5) is 0 Å². The second kappa shape index (κ2) is 7.83. The molecule has 138 valence electrons. The minimum absolute atomic E-state index is 0.0555. The van der Waals surface area contributed by atoms with Crippen LogP contribution in [0.15, 0.2) is 42.9 Å². The highest BCUT2D eigenvalue weighted by Gasteiger charge is 2.42. The largest absolute Gasteiger partial charge is 0.497 e. The molecule has 0 spiro atoms. The molecule has 1 fully saturated rings. The van der Waals surface area contributed by atoms with Crippen LogP contribution >= 0.6 is 0 Å². The van der Waals surface area contributed by atoms with Crippen LogP contribution in [-0.2, 0) is 16.8 Å². The van der Waals surface area contributed by atoms with Gasteiger partial charge in [-0.15, -0.1) is 0 Å². The average Bonchev–Trinajstić information content (AvgIpc) is 3.18. The minimum Gasteiger partial charge on any atom is -0.497 e. The zero-order chi connectivity index (χ0) is 18.6. The number of benzene rings is 1. The second-order valence-electron chi connectivity index (χ2n) is 6.82. The highest BCUT2D eigenvalue weighted by Crippen LogP contribution is 2.35. The number of likely N-dealkylation sites (tertiary alicyclic amines) is 1. The molecule has 1 aliphatic heterocycles. The summed E-state index contributed by atoms with van der Waals surface area (Å²) in [5.41, 5.74) is 0.540. The van der Waals surface area contributed by atoms with Gasteiger partial charge >= 0.3 is 0 Å². The van der Waals surface area contributed by atoms with E-state index in [2.05, 4.69) is 9.97 Å². The van der Waals surface area contributed by atoms with Crippen LogP contribution in [0, 0.1) is 0 Å². The Kier molecular flexibility index (Phi) is 5.52. The predicted molar refractivity (Wildman–Crippen MR) is 97.7 cm³/mol. The molecule has 2 atom stereocenters. The zero-order valence-corrected chi connectivity index (χ0v) is 15.3. The predicted octanol–water partition coefficient (Wildman–Crippen LogP) is 2.32. The molecule has 1 amide bonds. The van der Waals surface area contributed by atoms with Gasteiger partial charge in [0.2, 0.25) is 5.91 Å². The summed E-state index contributed by atoms with van der Waals surface area (Å²) in [4.78, 5) is 22.6. The van der Waals surface area contributed by atoms with E-state index in [9.17, 15) is 9.90 Å². The van der Waals surface area contributed by atoms with Gasteiger partial charge < -0.3 is 14.7 Å². The Morgan fingerprint density at radius 2 is 2.12 bits per heavy atom. The van der Waals surface area contributed by atoms with Gasteiger partial charge in [-0.25, -0.2) is 9.97 Å². The van der Waals surface area contributed by atoms with E-state index < -0.39 is 5.60 Å². The number of aliphatic hydroxyl groups is 1. The summed E-state index contributed by atoms with van der Waals surface area (Å²) in [5.74, 6) is 0.800. The first-order chi connectivity index (χ1) is 12.5. The Hall–Kier alpha value is -2.47. The third-order valence-electron chi connectivity index (χ3n) is 5.13. The van der Waals surface area contributed by atoms with Gasteiger partial charge in [-0.05, 0) is 49.9 Å². The van der Waals surface area contributed by atoms with Crippen LogP contribution in [0.3, 0.4) is 0 Å². The number of aryl methyl sites for hydroxylation is 1. The zero-order valence-electron chi connectivity index (χ0n) is 15.3. The maximum atomic E-state index is 12.8. The molecule has 0 aliphatic carbocycles. The molecule has 2 aromatic rings. The monoisotopic (exact) mass is 355 g/mol. The van der Waals surface area contributed by atoms with Crippen molar-refractivity contribution in [3.63, 3.8) is 0 Å². The molecule has 0 bridgehead atoms. The van der Waals surface area contributed by atoms with E-state index in [4.69, 9.17) is 4.74 Å². The molecule has 1 aliphatic rings. The number of hydrogen-bond acceptors (Lipinski definition) is 5. The first-order valence-electron chi connectivity index (χ1n) is 8.93. The lowest BCUT2D eigenvalue weighted by atomic mass is 9.86. The molecule has 2 unspecified atom stereocenters. The van der Waals surface area contributed by atoms with E-state index in [1.165, 1.54) is 6.33 Å². The topological polar surface area (TPSA) is 75.6 Å². The molecule has 1 aromatic carbocycles. The Labute approximate surface area is 153 Å². The summed E-state index contributed by atoms with van der Waals surface area (Å²) in [5, 5.41) is 11.2. The van der Waals surface area contributed by atoms with E-state index in [-0.39, 0.29) is 11.9 Å². The molecular formula is C20H25N3O3. The van der Waals surface area contributed by atoms with E-state index in [0.29, 0.717) is 19.4 Å². The summed E-state index contributed by atoms with van der Waals surface area (Å²) in [7, 11) is 1.61. The van der Waals surface area contributed by atoms with Crippen molar-refractivity contribution < 1.29 is 14.6 Å². The molecular weight excluding hydrogens is 330 g/mol. The molecule has 26 heavy (non-hydrogen) atoms. The quantitative estimate of drug-likeness (QED) is 0.861. The summed E-state index contributed by atoms with van der Waals surface area (Å²) >= 11 is 0. The van der Waals surface area contributed by atoms with Gasteiger partial charge in [-0.2, -0.15) is 0 Å². The van der Waals surface area contributed by atoms with Crippen LogP contribution in [0.5, 0.6) is 5.75 Å². The molecule has 0 saturated carbocycles. The first kappa shape index (κ1) is 18.3. The van der Waals surface area contributed by atoms with Crippen molar-refractivity contribution in [2.75, 3.05) is 13.7 Å². The fraction of sp³-hybridized carbons (Fsp3) is 0.450. The standard InChI is InChI=1S/C20H25N3O3/c1-20(25,15-5-8-17(26-2)9-6-15)18-4-3-13-23(18)19(24)10-7-16-11-12-21-14-22-16/h5-6,8-9,11-12,14,18,25H,3-4,7,10,13H2,1-2H3. The third kappa shape index (κ3) is 3.85. The number of amides is 1. The Bertz CT molecular complexity index is 732. The number of aromatic nitrogens is 2. The first-order valence-corrected chi connectivity index (χ1v) is 8.93. The fourth-order valence-electron chi connectivity index (χ4n) is 3.62. The highest BCUT2D eigenvalue weighted by atomic mass is 16.5. The van der Waals surface area contributed by atoms with Crippen LogP contribution in [0.2, 0.25) is 0 Å². The van der Waals surface area contributed by atoms with E-state index in [1.54, 1.807) is 20.2 Å². The van der Waals surface area contributed by atoms with Gasteiger partial charge in [0.25, 0.3) is 0 Å². The van der Waals surface area contributed by atoms with Crippen molar-refractivity contribution in [1.29, 1.82) is 0 Å². The maximum Gasteiger partial charge on any atom is 0.223 e. The molecule has 0 radical (unpaired) electrons. The number of ether oxygens (including phenoxy) is 1. The molecule has 1 N–H and O–H groups in total. The van der Waals surface area contributed by atoms with Gasteiger partial charge in [0, 0.05) is 24.9 Å². The maximum absolute atomic E-state index is 12.8. The van der Waals surface area contributed by atoms with Crippen molar-refractivity contribution in [1.82, 2.24) is 14.9 Å². The number of carbonyl (C=O) groups excluding carboxylic acids is 1. The van der Waals surface area contributed by atoms with Gasteiger partial charge in [0.15, 0.2) is 0 Å². The average molecular weight is 355 g/mol. The Morgan fingerprint density at radius 3 is 2.77 bits per heavy atom. The minimum atomic E-state index is -1.10. The van der Waals surface area contributed by atoms with E-state index in [0.717, 1.165) is 29.8 Å². The number of rotatable bonds is 6. The van der Waals surface area contributed by atoms with Crippen molar-refractivity contribution in [3.8, 4) is 5.75 Å². The van der Waals surface area contributed by atoms with E-state index >= 15 is 0 Å². The van der Waals surface area contributed by atoms with E-state index in [1.807, 2.05) is 35.2 Å². The molecule has 1 aromatic heterocycles. The lowest BCUT2D eigenvalue weighted by molar-refractivity contribution is -0.137. The van der Waals surface area contributed by atoms with Crippen molar-refractivity contribution >= 4 is 5.91 Å². The molecule has 1 saturated heterocycles. The van der Waals surface area contributed by atoms with Gasteiger partial charge in [-0.3, -0.25) is 4.79 Å². The third-order valence-corrected chi connectivity index (χ3v) is 5.13. The van der Waals surface area contributed by atoms with Crippen LogP contribution < -0.4 is 4.74 Å². The van der Waals surface area contributed by atoms with Crippen LogP contribution in [0.25, 0.3) is 0 Å². The summed E-state index contributed by atoms with van der Waals surface area (Å²) in [6, 6.07) is 8.98. The Morgan fingerprint density at radius 1 is 1.35 bits per heavy atom. The Balaban J connectivity index is 1.70. The fourth-order valence-corrected chi connectivity index (χ4v) is 3.62. The summed E-state index contributed by atoms with van der Waals surface area (Å²) < 4.78 is 5.18. The molecule has 3 rings (SSSR count). The second-order valence-corrected chi connectivity index (χ2v) is 6.82. The molecule has 2 heterocycles. The molecule has 6 heteroatoms. The SMILES string of the molecule is COc1ccc(C(C)(O)C2CCCN2C(=O)CCc2ccncn2)cc1. The van der Waals surface area contributed by atoms with Crippen molar-refractivity contribution in [2.45, 2.75) is 44.2 Å². The van der Waals surface area contributed by atoms with Gasteiger partial charge in [-0.1, -0.05) is 12.1 Å². The van der Waals surface area contributed by atoms with Crippen molar-refractivity contribution in [3.05, 3.63) is 54.1 Å². The van der Waals surface area contributed by atoms with Gasteiger partial charge in [0.1, 0.15) is 17.7 Å². The van der Waals surface area contributed by atoms with Gasteiger partial charge in [0.05, 0.1) is 13.2 Å². The number of carbonyl (C=O) groups is 1. The number of methoxy groups -OCH3 is 1. The summed E-state index contributed by atoms with van der Waals surface area (Å²) in [6.45, 7) is 2.47.